The fraction of sp³-hybridized carbons (Fsp3) is 0.708. The Morgan fingerprint density at radius 1 is 0.516 bits per heavy atom. The highest BCUT2D eigenvalue weighted by Gasteiger charge is 2.51. The number of hydrogen-bond donors (Lipinski definition) is 6. The lowest BCUT2D eigenvalue weighted by Crippen LogP contribution is -2.64. The SMILES string of the molecule is CC/C=C\C/C=C\C/C=C\C/C=C\C/C=C\CCCCCC(=O)OC(COC(=O)CCCCCCC/C=C\CCCCCCC)COP(=O)(O)OC1C(O)C(O)C(O)C(O)C1O. The van der Waals surface area contributed by atoms with Gasteiger partial charge in [-0.05, 0) is 83.5 Å². The van der Waals surface area contributed by atoms with Gasteiger partial charge >= 0.3 is 19.8 Å². The summed E-state index contributed by atoms with van der Waals surface area (Å²) in [4.78, 5) is 35.7. The van der Waals surface area contributed by atoms with E-state index in [1.54, 1.807) is 0 Å². The number of phosphoric acid groups is 1. The minimum Gasteiger partial charge on any atom is -0.462 e. The summed E-state index contributed by atoms with van der Waals surface area (Å²) in [5, 5.41) is 50.1. The number of carbonyl (C=O) groups excluding carboxylic acids is 2. The fourth-order valence-corrected chi connectivity index (χ4v) is 7.51. The summed E-state index contributed by atoms with van der Waals surface area (Å²) in [6, 6.07) is 0. The molecule has 1 fully saturated rings. The Bertz CT molecular complexity index is 1360. The van der Waals surface area contributed by atoms with Crippen molar-refractivity contribution in [3.63, 3.8) is 0 Å². The second kappa shape index (κ2) is 37.6. The molecule has 0 radical (unpaired) electrons. The number of esters is 2. The van der Waals surface area contributed by atoms with Crippen molar-refractivity contribution >= 4 is 19.8 Å². The molecular formula is C48H81O13P. The van der Waals surface area contributed by atoms with E-state index in [0.29, 0.717) is 12.8 Å². The summed E-state index contributed by atoms with van der Waals surface area (Å²) in [7, 11) is -5.13. The molecule has 356 valence electrons. The van der Waals surface area contributed by atoms with Gasteiger partial charge in [-0.1, -0.05) is 138 Å². The van der Waals surface area contributed by atoms with Crippen LogP contribution in [-0.4, -0.2) is 98.3 Å². The van der Waals surface area contributed by atoms with E-state index in [-0.39, 0.29) is 12.8 Å². The quantitative estimate of drug-likeness (QED) is 0.0149. The third-order valence-corrected chi connectivity index (χ3v) is 11.3. The summed E-state index contributed by atoms with van der Waals surface area (Å²) >= 11 is 0. The van der Waals surface area contributed by atoms with E-state index in [0.717, 1.165) is 89.9 Å². The van der Waals surface area contributed by atoms with Crippen molar-refractivity contribution in [1.82, 2.24) is 0 Å². The van der Waals surface area contributed by atoms with Gasteiger partial charge in [0.05, 0.1) is 6.61 Å². The molecule has 0 spiro atoms. The topological polar surface area (TPSA) is 210 Å². The fourth-order valence-electron chi connectivity index (χ4n) is 6.54. The average molecular weight is 897 g/mol. The van der Waals surface area contributed by atoms with Crippen LogP contribution in [0.25, 0.3) is 0 Å². The molecule has 14 heteroatoms. The summed E-state index contributed by atoms with van der Waals surface area (Å²) in [6.45, 7) is 3.13. The molecule has 1 aliphatic rings. The number of allylic oxidation sites excluding steroid dienone is 12. The van der Waals surface area contributed by atoms with Gasteiger partial charge in [-0.2, -0.15) is 0 Å². The zero-order valence-corrected chi connectivity index (χ0v) is 38.5. The Hall–Kier alpha value is -2.71. The predicted octanol–water partition coefficient (Wildman–Crippen LogP) is 9.11. The second-order valence-corrected chi connectivity index (χ2v) is 17.3. The first-order valence-electron chi connectivity index (χ1n) is 23.2. The van der Waals surface area contributed by atoms with Gasteiger partial charge in [-0.15, -0.1) is 0 Å². The van der Waals surface area contributed by atoms with Gasteiger partial charge in [-0.3, -0.25) is 18.6 Å². The molecule has 0 aromatic heterocycles. The molecule has 6 unspecified atom stereocenters. The third-order valence-electron chi connectivity index (χ3n) is 10.3. The smallest absolute Gasteiger partial charge is 0.462 e. The Morgan fingerprint density at radius 3 is 1.44 bits per heavy atom. The first kappa shape index (κ1) is 57.3. The number of carbonyl (C=O) groups is 2. The number of ether oxygens (including phenoxy) is 2. The van der Waals surface area contributed by atoms with E-state index >= 15 is 0 Å². The highest BCUT2D eigenvalue weighted by Crippen LogP contribution is 2.47. The molecule has 1 rings (SSSR count). The number of aliphatic hydroxyl groups is 5. The maximum absolute atomic E-state index is 12.8. The van der Waals surface area contributed by atoms with Crippen LogP contribution in [0.1, 0.15) is 162 Å². The van der Waals surface area contributed by atoms with Crippen LogP contribution in [-0.2, 0) is 32.7 Å². The normalized spacial score (nSPS) is 22.5. The van der Waals surface area contributed by atoms with Crippen molar-refractivity contribution in [1.29, 1.82) is 0 Å². The lowest BCUT2D eigenvalue weighted by Gasteiger charge is -2.41. The molecule has 0 aliphatic heterocycles. The molecule has 6 N–H and O–H groups in total. The predicted molar refractivity (Wildman–Crippen MR) is 244 cm³/mol. The number of aliphatic hydroxyl groups excluding tert-OH is 5. The standard InChI is InChI=1S/C48H81O13P/c1-3-5-7-9-11-13-15-17-19-20-21-22-23-25-27-29-31-33-35-37-42(50)60-40(39-59-62(56,57)61-48-46(54)44(52)43(51)45(53)47(48)55)38-58-41(49)36-34-32-30-28-26-24-18-16-14-12-10-8-6-4-2/h5,7,11,13,16-19,21-22,25,27,40,43-48,51-55H,3-4,6,8-10,12,14-15,20,23-24,26,28-39H2,1-2H3,(H,56,57)/b7-5-,13-11-,18-16-,19-17-,22-21-,27-25-. The van der Waals surface area contributed by atoms with Crippen LogP contribution in [0.15, 0.2) is 72.9 Å². The van der Waals surface area contributed by atoms with Crippen LogP contribution in [0.4, 0.5) is 0 Å². The molecule has 1 saturated carbocycles. The van der Waals surface area contributed by atoms with Gasteiger partial charge in [0, 0.05) is 12.8 Å². The van der Waals surface area contributed by atoms with Gasteiger partial charge in [-0.25, -0.2) is 4.57 Å². The minimum atomic E-state index is -5.13. The van der Waals surface area contributed by atoms with Crippen LogP contribution >= 0.6 is 7.82 Å². The molecule has 62 heavy (non-hydrogen) atoms. The molecule has 0 heterocycles. The van der Waals surface area contributed by atoms with Gasteiger partial charge in [0.2, 0.25) is 0 Å². The van der Waals surface area contributed by atoms with E-state index < -0.39 is 75.7 Å². The van der Waals surface area contributed by atoms with Crippen molar-refractivity contribution < 1.29 is 63.1 Å². The van der Waals surface area contributed by atoms with Crippen molar-refractivity contribution in [2.75, 3.05) is 13.2 Å². The molecule has 0 aromatic rings. The largest absolute Gasteiger partial charge is 0.472 e. The lowest BCUT2D eigenvalue weighted by atomic mass is 9.85. The molecule has 6 atom stereocenters. The van der Waals surface area contributed by atoms with E-state index in [4.69, 9.17) is 18.5 Å². The van der Waals surface area contributed by atoms with Crippen molar-refractivity contribution in [2.45, 2.75) is 204 Å². The Balaban J connectivity index is 2.50. The van der Waals surface area contributed by atoms with Gasteiger partial charge in [0.15, 0.2) is 6.10 Å². The van der Waals surface area contributed by atoms with Gasteiger partial charge in [0.25, 0.3) is 0 Å². The first-order chi connectivity index (χ1) is 29.9. The maximum atomic E-state index is 12.8. The molecule has 13 nitrogen and oxygen atoms in total. The van der Waals surface area contributed by atoms with E-state index in [1.165, 1.54) is 32.1 Å². The Labute approximate surface area is 372 Å². The van der Waals surface area contributed by atoms with Crippen molar-refractivity contribution in [3.8, 4) is 0 Å². The lowest BCUT2D eigenvalue weighted by molar-refractivity contribution is -0.220. The molecule has 0 bridgehead atoms. The van der Waals surface area contributed by atoms with Gasteiger partial charge < -0.3 is 39.9 Å². The Morgan fingerprint density at radius 2 is 0.919 bits per heavy atom. The van der Waals surface area contributed by atoms with Crippen LogP contribution in [0.2, 0.25) is 0 Å². The maximum Gasteiger partial charge on any atom is 0.472 e. The zero-order chi connectivity index (χ0) is 45.7. The average Bonchev–Trinajstić information content (AvgIpc) is 3.25. The summed E-state index contributed by atoms with van der Waals surface area (Å²) in [5.74, 6) is -1.15. The first-order valence-corrected chi connectivity index (χ1v) is 24.7. The third kappa shape index (κ3) is 29.6. The number of phosphoric ester groups is 1. The van der Waals surface area contributed by atoms with Crippen LogP contribution in [0.3, 0.4) is 0 Å². The molecular weight excluding hydrogens is 815 g/mol. The highest BCUT2D eigenvalue weighted by molar-refractivity contribution is 7.47. The number of rotatable bonds is 37. The number of unbranched alkanes of at least 4 members (excludes halogenated alkanes) is 13. The molecule has 0 aromatic carbocycles. The summed E-state index contributed by atoms with van der Waals surface area (Å²) in [6.07, 6.45) is 33.8. The second-order valence-electron chi connectivity index (χ2n) is 15.9. The Kier molecular flexibility index (Phi) is 34.8. The number of hydrogen-bond acceptors (Lipinski definition) is 12. The summed E-state index contributed by atoms with van der Waals surface area (Å²) < 4.78 is 33.5. The molecule has 0 saturated heterocycles. The van der Waals surface area contributed by atoms with Gasteiger partial charge in [0.1, 0.15) is 43.2 Å². The van der Waals surface area contributed by atoms with Crippen LogP contribution < -0.4 is 0 Å². The van der Waals surface area contributed by atoms with Crippen molar-refractivity contribution in [2.24, 2.45) is 0 Å². The van der Waals surface area contributed by atoms with Crippen molar-refractivity contribution in [3.05, 3.63) is 72.9 Å². The van der Waals surface area contributed by atoms with Crippen LogP contribution in [0.5, 0.6) is 0 Å². The van der Waals surface area contributed by atoms with Crippen LogP contribution in [0, 0.1) is 0 Å². The monoisotopic (exact) mass is 897 g/mol. The molecule has 0 amide bonds. The van der Waals surface area contributed by atoms with E-state index in [9.17, 15) is 44.6 Å². The van der Waals surface area contributed by atoms with E-state index in [2.05, 4.69) is 86.8 Å². The highest BCUT2D eigenvalue weighted by atomic mass is 31.2. The summed E-state index contributed by atoms with van der Waals surface area (Å²) in [5.41, 5.74) is 0. The molecule has 1 aliphatic carbocycles. The minimum absolute atomic E-state index is 0.0524. The zero-order valence-electron chi connectivity index (χ0n) is 37.6. The van der Waals surface area contributed by atoms with E-state index in [1.807, 2.05) is 0 Å².